The molecule has 2 aromatic rings. The second-order valence-electron chi connectivity index (χ2n) is 8.18. The van der Waals surface area contributed by atoms with Gasteiger partial charge in [-0.2, -0.15) is 5.10 Å². The lowest BCUT2D eigenvalue weighted by Crippen LogP contribution is -2.68. The Morgan fingerprint density at radius 2 is 2.21 bits per heavy atom. The molecule has 28 heavy (non-hydrogen) atoms. The molecule has 4 atom stereocenters. The summed E-state index contributed by atoms with van der Waals surface area (Å²) in [4.78, 5) is 15.3. The van der Waals surface area contributed by atoms with Crippen LogP contribution >= 0.6 is 0 Å². The minimum absolute atomic E-state index is 0.0256. The topological polar surface area (TPSA) is 92.6 Å². The first-order valence-corrected chi connectivity index (χ1v) is 9.94. The number of ether oxygens (including phenoxy) is 2. The molecular weight excluding hydrogens is 360 g/mol. The number of likely N-dealkylation sites (tertiary alicyclic amines) is 1. The van der Waals surface area contributed by atoms with E-state index in [1.165, 1.54) is 0 Å². The van der Waals surface area contributed by atoms with Gasteiger partial charge in [0.05, 0.1) is 24.5 Å². The standard InChI is InChI=1S/C20H26N4O4/c1-23-6-2-3-18(23)15-9-16(22-21-15)19(25)24-10-13-11-28-8-5-20(13,26)14-12-27-7-4-17(14)24/h2-3,6,9,13-14,17,26H,4-5,7-8,10-12H2,1H3,(H,21,22)/t13-,14+,17-,20-/m0/s1. The van der Waals surface area contributed by atoms with Crippen molar-refractivity contribution in [3.05, 3.63) is 30.1 Å². The molecule has 0 aliphatic carbocycles. The van der Waals surface area contributed by atoms with Crippen molar-refractivity contribution in [2.75, 3.05) is 33.0 Å². The number of fused-ring (bicyclic) bond motifs is 3. The molecule has 8 heteroatoms. The monoisotopic (exact) mass is 386 g/mol. The van der Waals surface area contributed by atoms with E-state index in [2.05, 4.69) is 10.2 Å². The van der Waals surface area contributed by atoms with E-state index in [-0.39, 0.29) is 23.8 Å². The van der Waals surface area contributed by atoms with Crippen molar-refractivity contribution in [3.63, 3.8) is 0 Å². The molecule has 3 aliphatic rings. The van der Waals surface area contributed by atoms with Crippen LogP contribution in [0.5, 0.6) is 0 Å². The van der Waals surface area contributed by atoms with Crippen LogP contribution in [0, 0.1) is 11.8 Å². The number of aliphatic hydroxyl groups is 1. The molecule has 150 valence electrons. The van der Waals surface area contributed by atoms with Crippen LogP contribution in [0.25, 0.3) is 11.4 Å². The van der Waals surface area contributed by atoms with E-state index in [1.54, 1.807) is 0 Å². The fraction of sp³-hybridized carbons (Fsp3) is 0.600. The van der Waals surface area contributed by atoms with E-state index in [4.69, 9.17) is 9.47 Å². The summed E-state index contributed by atoms with van der Waals surface area (Å²) < 4.78 is 13.3. The fourth-order valence-corrected chi connectivity index (χ4v) is 5.14. The van der Waals surface area contributed by atoms with E-state index in [0.29, 0.717) is 45.1 Å². The van der Waals surface area contributed by atoms with Crippen molar-refractivity contribution in [2.24, 2.45) is 18.9 Å². The van der Waals surface area contributed by atoms with Gasteiger partial charge in [-0.15, -0.1) is 0 Å². The second kappa shape index (κ2) is 6.72. The van der Waals surface area contributed by atoms with Crippen LogP contribution in [0.3, 0.4) is 0 Å². The first-order valence-electron chi connectivity index (χ1n) is 9.94. The lowest BCUT2D eigenvalue weighted by molar-refractivity contribution is -0.212. The first kappa shape index (κ1) is 17.9. The highest BCUT2D eigenvalue weighted by Gasteiger charge is 2.56. The Balaban J connectivity index is 1.44. The predicted molar refractivity (Wildman–Crippen MR) is 101 cm³/mol. The summed E-state index contributed by atoms with van der Waals surface area (Å²) in [6, 6.07) is 5.71. The Morgan fingerprint density at radius 1 is 1.36 bits per heavy atom. The number of nitrogens with zero attached hydrogens (tertiary/aromatic N) is 3. The first-order chi connectivity index (χ1) is 13.6. The van der Waals surface area contributed by atoms with Crippen molar-refractivity contribution in [1.29, 1.82) is 0 Å². The van der Waals surface area contributed by atoms with Gasteiger partial charge >= 0.3 is 0 Å². The van der Waals surface area contributed by atoms with Crippen LogP contribution < -0.4 is 0 Å². The molecule has 0 bridgehead atoms. The minimum Gasteiger partial charge on any atom is -0.389 e. The molecule has 3 saturated heterocycles. The van der Waals surface area contributed by atoms with Gasteiger partial charge < -0.3 is 24.0 Å². The second-order valence-corrected chi connectivity index (χ2v) is 8.18. The van der Waals surface area contributed by atoms with Crippen molar-refractivity contribution >= 4 is 5.91 Å². The summed E-state index contributed by atoms with van der Waals surface area (Å²) in [6.45, 7) is 2.62. The molecule has 3 fully saturated rings. The highest BCUT2D eigenvalue weighted by atomic mass is 16.5. The van der Waals surface area contributed by atoms with Crippen molar-refractivity contribution in [2.45, 2.75) is 24.5 Å². The summed E-state index contributed by atoms with van der Waals surface area (Å²) in [5, 5.41) is 18.7. The number of aryl methyl sites for hydroxylation is 1. The summed E-state index contributed by atoms with van der Waals surface area (Å²) in [6.07, 6.45) is 3.30. The van der Waals surface area contributed by atoms with Gasteiger partial charge in [-0.3, -0.25) is 9.89 Å². The Kier molecular flexibility index (Phi) is 4.30. The van der Waals surface area contributed by atoms with Gasteiger partial charge in [0.15, 0.2) is 0 Å². The minimum atomic E-state index is -0.817. The van der Waals surface area contributed by atoms with E-state index in [9.17, 15) is 9.90 Å². The normalized spacial score (nSPS) is 32.6. The molecule has 0 radical (unpaired) electrons. The van der Waals surface area contributed by atoms with Crippen LogP contribution in [0.2, 0.25) is 0 Å². The number of rotatable bonds is 2. The van der Waals surface area contributed by atoms with Crippen LogP contribution in [0.1, 0.15) is 23.3 Å². The molecule has 2 N–H and O–H groups in total. The van der Waals surface area contributed by atoms with Gasteiger partial charge in [0.25, 0.3) is 5.91 Å². The molecule has 5 heterocycles. The summed E-state index contributed by atoms with van der Waals surface area (Å²) >= 11 is 0. The predicted octanol–water partition coefficient (Wildman–Crippen LogP) is 1.04. The van der Waals surface area contributed by atoms with Crippen LogP contribution in [0.4, 0.5) is 0 Å². The maximum Gasteiger partial charge on any atom is 0.272 e. The van der Waals surface area contributed by atoms with Gasteiger partial charge in [-0.25, -0.2) is 0 Å². The average molecular weight is 386 g/mol. The molecule has 0 aromatic carbocycles. The summed E-state index contributed by atoms with van der Waals surface area (Å²) in [5.74, 6) is -0.246. The Hall–Kier alpha value is -2.16. The Bertz CT molecular complexity index is 877. The SMILES string of the molecule is Cn1cccc1-c1cc(C(=O)N2C[C@H]3COCC[C@@]3(O)[C@@H]3COCC[C@@H]32)[nH]n1. The molecule has 5 rings (SSSR count). The third-order valence-electron chi connectivity index (χ3n) is 6.73. The largest absolute Gasteiger partial charge is 0.389 e. The lowest BCUT2D eigenvalue weighted by Gasteiger charge is -2.57. The number of amides is 1. The number of piperidine rings is 1. The maximum atomic E-state index is 13.4. The van der Waals surface area contributed by atoms with Gasteiger partial charge in [0.1, 0.15) is 11.4 Å². The van der Waals surface area contributed by atoms with Crippen molar-refractivity contribution in [3.8, 4) is 11.4 Å². The van der Waals surface area contributed by atoms with Crippen LogP contribution in [-0.4, -0.2) is 75.3 Å². The van der Waals surface area contributed by atoms with Crippen LogP contribution in [-0.2, 0) is 16.5 Å². The quantitative estimate of drug-likeness (QED) is 0.805. The van der Waals surface area contributed by atoms with E-state index in [0.717, 1.165) is 17.8 Å². The van der Waals surface area contributed by atoms with Gasteiger partial charge in [-0.1, -0.05) is 0 Å². The number of H-pyrrole nitrogens is 1. The maximum absolute atomic E-state index is 13.4. The number of carbonyl (C=O) groups excluding carboxylic acids is 1. The summed E-state index contributed by atoms with van der Waals surface area (Å²) in [5.41, 5.74) is 1.35. The molecule has 0 unspecified atom stereocenters. The third-order valence-corrected chi connectivity index (χ3v) is 6.73. The molecule has 8 nitrogen and oxygen atoms in total. The smallest absolute Gasteiger partial charge is 0.272 e. The van der Waals surface area contributed by atoms with Gasteiger partial charge in [0.2, 0.25) is 0 Å². The van der Waals surface area contributed by atoms with Gasteiger partial charge in [-0.05, 0) is 24.6 Å². The number of hydrogen-bond acceptors (Lipinski definition) is 5. The molecule has 3 aliphatic heterocycles. The molecular formula is C20H26N4O4. The Labute approximate surface area is 163 Å². The molecule has 1 amide bonds. The number of carbonyl (C=O) groups is 1. The van der Waals surface area contributed by atoms with E-state index < -0.39 is 5.60 Å². The molecule has 0 spiro atoms. The van der Waals surface area contributed by atoms with Crippen molar-refractivity contribution in [1.82, 2.24) is 19.7 Å². The Morgan fingerprint density at radius 3 is 3.04 bits per heavy atom. The van der Waals surface area contributed by atoms with Gasteiger partial charge in [0, 0.05) is 57.3 Å². The number of aromatic amines is 1. The number of aromatic nitrogens is 3. The molecule has 2 aromatic heterocycles. The number of hydrogen-bond donors (Lipinski definition) is 2. The third kappa shape index (κ3) is 2.70. The van der Waals surface area contributed by atoms with E-state index >= 15 is 0 Å². The highest BCUT2D eigenvalue weighted by molar-refractivity contribution is 5.93. The average Bonchev–Trinajstić information content (AvgIpc) is 3.36. The van der Waals surface area contributed by atoms with Crippen LogP contribution in [0.15, 0.2) is 24.4 Å². The highest BCUT2D eigenvalue weighted by Crippen LogP contribution is 2.44. The summed E-state index contributed by atoms with van der Waals surface area (Å²) in [7, 11) is 1.95. The zero-order valence-corrected chi connectivity index (χ0v) is 16.0. The van der Waals surface area contributed by atoms with Crippen molar-refractivity contribution < 1.29 is 19.4 Å². The molecule has 0 saturated carbocycles. The zero-order valence-electron chi connectivity index (χ0n) is 16.0. The number of nitrogens with one attached hydrogen (secondary N) is 1. The fourth-order valence-electron chi connectivity index (χ4n) is 5.14. The zero-order chi connectivity index (χ0) is 19.3. The lowest BCUT2D eigenvalue weighted by atomic mass is 9.66. The van der Waals surface area contributed by atoms with E-state index in [1.807, 2.05) is 40.9 Å².